The van der Waals surface area contributed by atoms with Crippen molar-refractivity contribution in [3.63, 3.8) is 0 Å². The molecule has 2 aliphatic heterocycles. The lowest BCUT2D eigenvalue weighted by molar-refractivity contribution is -0.137. The third-order valence-electron chi connectivity index (χ3n) is 5.72. The first-order valence-electron chi connectivity index (χ1n) is 9.40. The van der Waals surface area contributed by atoms with Crippen LogP contribution in [0.3, 0.4) is 0 Å². The molecule has 0 bridgehead atoms. The number of rotatable bonds is 2. The molecule has 5 rings (SSSR count). The lowest BCUT2D eigenvalue weighted by atomic mass is 9.94. The van der Waals surface area contributed by atoms with Crippen molar-refractivity contribution in [3.8, 4) is 11.5 Å². The molecule has 0 saturated carbocycles. The molecule has 0 saturated heterocycles. The first-order valence-corrected chi connectivity index (χ1v) is 9.40. The summed E-state index contributed by atoms with van der Waals surface area (Å²) in [6.07, 6.45) is 1.59. The zero-order valence-electron chi connectivity index (χ0n) is 15.3. The van der Waals surface area contributed by atoms with Crippen LogP contribution in [0.2, 0.25) is 0 Å². The average molecular weight is 362 g/mol. The van der Waals surface area contributed by atoms with Crippen molar-refractivity contribution >= 4 is 16.8 Å². The number of fused-ring (bicyclic) bond motifs is 4. The predicted octanol–water partition coefficient (Wildman–Crippen LogP) is 3.31. The van der Waals surface area contributed by atoms with Gasteiger partial charge in [0.15, 0.2) is 0 Å². The summed E-state index contributed by atoms with van der Waals surface area (Å²) >= 11 is 0. The molecular formula is C22H22N2O3. The van der Waals surface area contributed by atoms with E-state index in [1.165, 1.54) is 10.9 Å². The molecule has 0 radical (unpaired) electrons. The zero-order valence-corrected chi connectivity index (χ0v) is 15.3. The normalized spacial score (nSPS) is 18.6. The van der Waals surface area contributed by atoms with Gasteiger partial charge >= 0.3 is 0 Å². The highest BCUT2D eigenvalue weighted by Gasteiger charge is 2.32. The van der Waals surface area contributed by atoms with Crippen LogP contribution in [0.5, 0.6) is 11.5 Å². The van der Waals surface area contributed by atoms with Gasteiger partial charge in [-0.2, -0.15) is 0 Å². The van der Waals surface area contributed by atoms with Crippen molar-refractivity contribution in [2.75, 3.05) is 20.3 Å². The quantitative estimate of drug-likeness (QED) is 0.761. The second kappa shape index (κ2) is 6.34. The molecular weight excluding hydrogens is 340 g/mol. The number of H-pyrrole nitrogens is 1. The van der Waals surface area contributed by atoms with E-state index in [1.54, 1.807) is 7.11 Å². The van der Waals surface area contributed by atoms with Crippen LogP contribution >= 0.6 is 0 Å². The fourth-order valence-corrected chi connectivity index (χ4v) is 4.30. The number of hydrogen-bond donors (Lipinski definition) is 1. The number of nitrogens with one attached hydrogen (secondary N) is 1. The Labute approximate surface area is 157 Å². The van der Waals surface area contributed by atoms with Gasteiger partial charge in [-0.3, -0.25) is 4.79 Å². The lowest BCUT2D eigenvalue weighted by Gasteiger charge is -2.32. The van der Waals surface area contributed by atoms with Crippen LogP contribution in [-0.2, 0) is 24.2 Å². The number of methoxy groups -OCH3 is 1. The zero-order chi connectivity index (χ0) is 18.4. The van der Waals surface area contributed by atoms with Crippen LogP contribution in [0.4, 0.5) is 0 Å². The summed E-state index contributed by atoms with van der Waals surface area (Å²) in [5.74, 6) is 1.69. The van der Waals surface area contributed by atoms with E-state index >= 15 is 0 Å². The highest BCUT2D eigenvalue weighted by Crippen LogP contribution is 2.33. The van der Waals surface area contributed by atoms with Crippen molar-refractivity contribution in [2.45, 2.75) is 19.4 Å². The summed E-state index contributed by atoms with van der Waals surface area (Å²) < 4.78 is 11.2. The second-order valence-electron chi connectivity index (χ2n) is 7.32. The van der Waals surface area contributed by atoms with Crippen LogP contribution in [0.1, 0.15) is 16.8 Å². The Morgan fingerprint density at radius 3 is 3.04 bits per heavy atom. The molecule has 2 aliphatic rings. The van der Waals surface area contributed by atoms with Gasteiger partial charge in [0, 0.05) is 23.1 Å². The van der Waals surface area contributed by atoms with Gasteiger partial charge in [-0.05, 0) is 48.2 Å². The SMILES string of the molecule is COc1ccc2c(c1)CC(C(=O)N1CCc3c([nH]c4ccccc34)C1)CO2. The molecule has 1 atom stereocenters. The third-order valence-corrected chi connectivity index (χ3v) is 5.72. The van der Waals surface area contributed by atoms with E-state index in [2.05, 4.69) is 23.2 Å². The summed E-state index contributed by atoms with van der Waals surface area (Å²) in [6, 6.07) is 14.1. The second-order valence-corrected chi connectivity index (χ2v) is 7.32. The van der Waals surface area contributed by atoms with Crippen LogP contribution in [0, 0.1) is 5.92 Å². The van der Waals surface area contributed by atoms with Crippen LogP contribution in [-0.4, -0.2) is 36.1 Å². The third kappa shape index (κ3) is 2.74. The van der Waals surface area contributed by atoms with E-state index in [4.69, 9.17) is 9.47 Å². The van der Waals surface area contributed by atoms with Crippen molar-refractivity contribution in [3.05, 3.63) is 59.3 Å². The fraction of sp³-hybridized carbons (Fsp3) is 0.318. The number of hydrogen-bond acceptors (Lipinski definition) is 3. The van der Waals surface area contributed by atoms with Crippen LogP contribution < -0.4 is 9.47 Å². The number of carbonyl (C=O) groups excluding carboxylic acids is 1. The number of aromatic amines is 1. The van der Waals surface area contributed by atoms with E-state index < -0.39 is 0 Å². The Balaban J connectivity index is 1.36. The van der Waals surface area contributed by atoms with E-state index in [-0.39, 0.29) is 11.8 Å². The molecule has 3 heterocycles. The Morgan fingerprint density at radius 1 is 1.26 bits per heavy atom. The molecule has 5 nitrogen and oxygen atoms in total. The predicted molar refractivity (Wildman–Crippen MR) is 103 cm³/mol. The van der Waals surface area contributed by atoms with Crippen molar-refractivity contribution in [1.29, 1.82) is 0 Å². The van der Waals surface area contributed by atoms with E-state index in [0.717, 1.165) is 41.2 Å². The molecule has 27 heavy (non-hydrogen) atoms. The van der Waals surface area contributed by atoms with Crippen LogP contribution in [0.25, 0.3) is 10.9 Å². The fourth-order valence-electron chi connectivity index (χ4n) is 4.30. The maximum absolute atomic E-state index is 13.1. The Bertz CT molecular complexity index is 1020. The number of ether oxygens (including phenoxy) is 2. The molecule has 1 N–H and O–H groups in total. The molecule has 138 valence electrons. The summed E-state index contributed by atoms with van der Waals surface area (Å²) in [4.78, 5) is 18.6. The topological polar surface area (TPSA) is 54.6 Å². The minimum absolute atomic E-state index is 0.143. The average Bonchev–Trinajstić information content (AvgIpc) is 3.10. The highest BCUT2D eigenvalue weighted by molar-refractivity contribution is 5.86. The number of para-hydroxylation sites is 1. The number of amides is 1. The van der Waals surface area contributed by atoms with Crippen molar-refractivity contribution < 1.29 is 14.3 Å². The summed E-state index contributed by atoms with van der Waals surface area (Å²) in [7, 11) is 1.65. The number of nitrogens with zero attached hydrogens (tertiary/aromatic N) is 1. The van der Waals surface area contributed by atoms with Gasteiger partial charge in [0.1, 0.15) is 18.1 Å². The van der Waals surface area contributed by atoms with Crippen molar-refractivity contribution in [1.82, 2.24) is 9.88 Å². The van der Waals surface area contributed by atoms with Gasteiger partial charge in [0.2, 0.25) is 5.91 Å². The minimum atomic E-state index is -0.143. The maximum atomic E-state index is 13.1. The minimum Gasteiger partial charge on any atom is -0.497 e. The molecule has 2 aromatic carbocycles. The molecule has 3 aromatic rings. The van der Waals surface area contributed by atoms with Gasteiger partial charge in [-0.1, -0.05) is 18.2 Å². The molecule has 0 fully saturated rings. The van der Waals surface area contributed by atoms with Gasteiger partial charge < -0.3 is 19.4 Å². The summed E-state index contributed by atoms with van der Waals surface area (Å²) in [5, 5.41) is 1.28. The van der Waals surface area contributed by atoms with Crippen LogP contribution in [0.15, 0.2) is 42.5 Å². The molecule has 0 spiro atoms. The highest BCUT2D eigenvalue weighted by atomic mass is 16.5. The largest absolute Gasteiger partial charge is 0.497 e. The molecule has 5 heteroatoms. The summed E-state index contributed by atoms with van der Waals surface area (Å²) in [6.45, 7) is 1.84. The van der Waals surface area contributed by atoms with Crippen molar-refractivity contribution in [2.24, 2.45) is 5.92 Å². The van der Waals surface area contributed by atoms with E-state index in [9.17, 15) is 4.79 Å². The van der Waals surface area contributed by atoms with E-state index in [0.29, 0.717) is 19.6 Å². The van der Waals surface area contributed by atoms with Gasteiger partial charge in [0.05, 0.1) is 19.6 Å². The molecule has 0 aliphatic carbocycles. The molecule has 1 aromatic heterocycles. The maximum Gasteiger partial charge on any atom is 0.229 e. The van der Waals surface area contributed by atoms with Gasteiger partial charge in [-0.25, -0.2) is 0 Å². The number of benzene rings is 2. The van der Waals surface area contributed by atoms with E-state index in [1.807, 2.05) is 29.2 Å². The number of aromatic nitrogens is 1. The lowest BCUT2D eigenvalue weighted by Crippen LogP contribution is -2.43. The standard InChI is InChI=1S/C22H22N2O3/c1-26-16-6-7-21-14(11-16)10-15(13-27-21)22(25)24-9-8-18-17-4-2-3-5-19(17)23-20(18)12-24/h2-7,11,15,23H,8-10,12-13H2,1H3. The smallest absolute Gasteiger partial charge is 0.229 e. The van der Waals surface area contributed by atoms with Gasteiger partial charge in [-0.15, -0.1) is 0 Å². The Kier molecular flexibility index (Phi) is 3.81. The monoisotopic (exact) mass is 362 g/mol. The Hall–Kier alpha value is -2.95. The Morgan fingerprint density at radius 2 is 2.15 bits per heavy atom. The van der Waals surface area contributed by atoms with Gasteiger partial charge in [0.25, 0.3) is 0 Å². The first kappa shape index (κ1) is 16.2. The number of carbonyl (C=O) groups is 1. The summed E-state index contributed by atoms with van der Waals surface area (Å²) in [5.41, 5.74) is 4.71. The molecule has 1 unspecified atom stereocenters. The molecule has 1 amide bonds. The first-order chi connectivity index (χ1) is 13.2.